The number of nitrogens with one attached hydrogen (secondary N) is 1. The molecule has 7 heteroatoms. The van der Waals surface area contributed by atoms with Crippen molar-refractivity contribution in [2.45, 2.75) is 19.9 Å². The van der Waals surface area contributed by atoms with Gasteiger partial charge in [-0.05, 0) is 26.0 Å². The van der Waals surface area contributed by atoms with E-state index in [2.05, 4.69) is 15.3 Å². The molecule has 0 aliphatic carbocycles. The number of nitrogen functional groups attached to an aromatic ring is 1. The Labute approximate surface area is 116 Å². The van der Waals surface area contributed by atoms with E-state index in [1.165, 1.54) is 0 Å². The number of anilines is 1. The second kappa shape index (κ2) is 6.19. The summed E-state index contributed by atoms with van der Waals surface area (Å²) < 4.78 is 5.33. The summed E-state index contributed by atoms with van der Waals surface area (Å²) in [6, 6.07) is 4.57. The Morgan fingerprint density at radius 1 is 1.47 bits per heavy atom. The van der Waals surface area contributed by atoms with Crippen molar-refractivity contribution in [1.29, 1.82) is 0 Å². The number of nitrogens with two attached hydrogens (primary N) is 1. The fourth-order valence-electron chi connectivity index (χ4n) is 1.48. The molecule has 19 heavy (non-hydrogen) atoms. The lowest BCUT2D eigenvalue weighted by Crippen LogP contribution is -2.27. The first kappa shape index (κ1) is 15.0. The molecule has 0 bridgehead atoms. The molecule has 1 atom stereocenters. The van der Waals surface area contributed by atoms with Gasteiger partial charge in [0.05, 0.1) is 6.20 Å². The zero-order valence-corrected chi connectivity index (χ0v) is 11.4. The second-order valence-electron chi connectivity index (χ2n) is 3.95. The number of carbonyl (C=O) groups excluding carboxylic acids is 1. The smallest absolute Gasteiger partial charge is 0.270 e. The average Bonchev–Trinajstić information content (AvgIpc) is 2.76. The van der Waals surface area contributed by atoms with Crippen LogP contribution in [0.1, 0.15) is 35.1 Å². The summed E-state index contributed by atoms with van der Waals surface area (Å²) in [7, 11) is 0. The molecule has 0 radical (unpaired) electrons. The number of carbonyl (C=O) groups is 1. The fraction of sp³-hybridized carbons (Fsp3) is 0.250. The molecule has 0 aliphatic heterocycles. The highest BCUT2D eigenvalue weighted by atomic mass is 35.5. The Kier molecular flexibility index (Phi) is 4.88. The van der Waals surface area contributed by atoms with Gasteiger partial charge in [-0.1, -0.05) is 6.07 Å². The van der Waals surface area contributed by atoms with E-state index in [9.17, 15) is 4.79 Å². The average molecular weight is 283 g/mol. The maximum Gasteiger partial charge on any atom is 0.270 e. The maximum atomic E-state index is 11.9. The van der Waals surface area contributed by atoms with Crippen molar-refractivity contribution in [2.75, 3.05) is 5.73 Å². The topological polar surface area (TPSA) is 94.0 Å². The molecule has 0 aromatic carbocycles. The fourth-order valence-corrected chi connectivity index (χ4v) is 1.48. The van der Waals surface area contributed by atoms with Crippen LogP contribution in [0, 0.1) is 6.92 Å². The largest absolute Gasteiger partial charge is 0.444 e. The molecule has 2 aromatic heterocycles. The number of hydrogen-bond donors (Lipinski definition) is 2. The minimum Gasteiger partial charge on any atom is -0.444 e. The number of nitrogens with zero attached hydrogens (tertiary/aromatic N) is 2. The molecule has 0 saturated heterocycles. The molecule has 0 spiro atoms. The maximum absolute atomic E-state index is 11.9. The molecule has 0 saturated carbocycles. The minimum absolute atomic E-state index is 0. The third-order valence-electron chi connectivity index (χ3n) is 2.36. The van der Waals surface area contributed by atoms with E-state index in [1.807, 2.05) is 0 Å². The normalized spacial score (nSPS) is 11.5. The highest BCUT2D eigenvalue weighted by molar-refractivity contribution is 5.92. The first-order valence-electron chi connectivity index (χ1n) is 5.52. The van der Waals surface area contributed by atoms with Crippen LogP contribution in [0.15, 0.2) is 28.8 Å². The van der Waals surface area contributed by atoms with Crippen LogP contribution >= 0.6 is 12.4 Å². The van der Waals surface area contributed by atoms with Gasteiger partial charge in [0, 0.05) is 0 Å². The molecule has 102 valence electrons. The number of halogens is 1. The Morgan fingerprint density at radius 3 is 2.79 bits per heavy atom. The van der Waals surface area contributed by atoms with E-state index < -0.39 is 0 Å². The molecule has 0 aliphatic rings. The minimum atomic E-state index is -0.325. The summed E-state index contributed by atoms with van der Waals surface area (Å²) in [4.78, 5) is 19.9. The van der Waals surface area contributed by atoms with Gasteiger partial charge in [-0.15, -0.1) is 12.4 Å². The molecule has 0 fully saturated rings. The molecule has 2 heterocycles. The first-order valence-corrected chi connectivity index (χ1v) is 5.52. The highest BCUT2D eigenvalue weighted by Gasteiger charge is 2.16. The molecular formula is C12H15ClN4O2. The van der Waals surface area contributed by atoms with Gasteiger partial charge in [0.2, 0.25) is 5.89 Å². The van der Waals surface area contributed by atoms with Gasteiger partial charge in [-0.2, -0.15) is 0 Å². The highest BCUT2D eigenvalue weighted by Crippen LogP contribution is 2.12. The molecule has 2 rings (SSSR count). The van der Waals surface area contributed by atoms with Crippen molar-refractivity contribution < 1.29 is 9.21 Å². The van der Waals surface area contributed by atoms with E-state index >= 15 is 0 Å². The van der Waals surface area contributed by atoms with E-state index in [1.54, 1.807) is 38.2 Å². The van der Waals surface area contributed by atoms with Gasteiger partial charge in [-0.25, -0.2) is 9.97 Å². The number of pyridine rings is 1. The van der Waals surface area contributed by atoms with Gasteiger partial charge in [0.1, 0.15) is 23.3 Å². The zero-order chi connectivity index (χ0) is 13.1. The van der Waals surface area contributed by atoms with Crippen molar-refractivity contribution in [2.24, 2.45) is 0 Å². The van der Waals surface area contributed by atoms with Gasteiger partial charge in [0.25, 0.3) is 5.91 Å². The monoisotopic (exact) mass is 282 g/mol. The summed E-state index contributed by atoms with van der Waals surface area (Å²) >= 11 is 0. The van der Waals surface area contributed by atoms with Crippen molar-refractivity contribution in [3.8, 4) is 0 Å². The van der Waals surface area contributed by atoms with Crippen molar-refractivity contribution in [1.82, 2.24) is 15.3 Å². The van der Waals surface area contributed by atoms with E-state index in [4.69, 9.17) is 10.2 Å². The van der Waals surface area contributed by atoms with Gasteiger partial charge >= 0.3 is 0 Å². The third-order valence-corrected chi connectivity index (χ3v) is 2.36. The summed E-state index contributed by atoms with van der Waals surface area (Å²) in [6.45, 7) is 3.58. The lowest BCUT2D eigenvalue weighted by Gasteiger charge is -2.10. The Hall–Kier alpha value is -2.08. The Balaban J connectivity index is 0.00000180. The molecular weight excluding hydrogens is 268 g/mol. The summed E-state index contributed by atoms with van der Waals surface area (Å²) in [5.74, 6) is 1.16. The van der Waals surface area contributed by atoms with E-state index in [0.29, 0.717) is 17.5 Å². The summed E-state index contributed by atoms with van der Waals surface area (Å²) in [5, 5.41) is 2.74. The second-order valence-corrected chi connectivity index (χ2v) is 3.95. The van der Waals surface area contributed by atoms with Crippen LogP contribution in [0.3, 0.4) is 0 Å². The van der Waals surface area contributed by atoms with E-state index in [-0.39, 0.29) is 30.0 Å². The molecule has 2 aromatic rings. The van der Waals surface area contributed by atoms with Crippen LogP contribution in [0.5, 0.6) is 0 Å². The van der Waals surface area contributed by atoms with Crippen LogP contribution in [-0.4, -0.2) is 15.9 Å². The number of aryl methyl sites for hydroxylation is 1. The Morgan fingerprint density at radius 2 is 2.21 bits per heavy atom. The van der Waals surface area contributed by atoms with Crippen LogP contribution in [0.25, 0.3) is 0 Å². The lowest BCUT2D eigenvalue weighted by molar-refractivity contribution is 0.0929. The molecule has 6 nitrogen and oxygen atoms in total. The Bertz CT molecular complexity index is 570. The quantitative estimate of drug-likeness (QED) is 0.896. The van der Waals surface area contributed by atoms with Gasteiger partial charge < -0.3 is 15.5 Å². The summed E-state index contributed by atoms with van der Waals surface area (Å²) in [5.41, 5.74) is 5.79. The number of rotatable bonds is 3. The van der Waals surface area contributed by atoms with Crippen LogP contribution in [0.4, 0.5) is 5.82 Å². The zero-order valence-electron chi connectivity index (χ0n) is 10.6. The number of hydrogen-bond acceptors (Lipinski definition) is 5. The van der Waals surface area contributed by atoms with Crippen LogP contribution in [-0.2, 0) is 0 Å². The predicted molar refractivity (Wildman–Crippen MR) is 73.0 cm³/mol. The SMILES string of the molecule is Cc1cnc(C(C)NC(=O)c2cccc(N)n2)o1.Cl. The lowest BCUT2D eigenvalue weighted by atomic mass is 10.3. The van der Waals surface area contributed by atoms with Gasteiger partial charge in [0.15, 0.2) is 0 Å². The molecule has 1 amide bonds. The summed E-state index contributed by atoms with van der Waals surface area (Å²) in [6.07, 6.45) is 1.61. The molecule has 3 N–H and O–H groups in total. The number of aromatic nitrogens is 2. The van der Waals surface area contributed by atoms with Crippen LogP contribution in [0.2, 0.25) is 0 Å². The van der Waals surface area contributed by atoms with E-state index in [0.717, 1.165) is 0 Å². The van der Waals surface area contributed by atoms with Crippen molar-refractivity contribution in [3.63, 3.8) is 0 Å². The number of oxazole rings is 1. The van der Waals surface area contributed by atoms with Crippen molar-refractivity contribution in [3.05, 3.63) is 41.7 Å². The first-order chi connectivity index (χ1) is 8.56. The van der Waals surface area contributed by atoms with Gasteiger partial charge in [-0.3, -0.25) is 4.79 Å². The molecule has 1 unspecified atom stereocenters. The third kappa shape index (κ3) is 3.69. The predicted octanol–water partition coefficient (Wildman–Crippen LogP) is 1.87. The van der Waals surface area contributed by atoms with Crippen molar-refractivity contribution >= 4 is 24.1 Å². The van der Waals surface area contributed by atoms with Crippen LogP contribution < -0.4 is 11.1 Å². The standard InChI is InChI=1S/C12H14N4O2.ClH/c1-7-6-14-12(18-7)8(2)15-11(17)9-4-3-5-10(13)16-9;/h3-6,8H,1-2H3,(H2,13,16)(H,15,17);1H. The number of amides is 1.